The largest absolute Gasteiger partial charge is 0.290 e. The van der Waals surface area contributed by atoms with Crippen LogP contribution in [0.25, 0.3) is 10.8 Å². The predicted octanol–water partition coefficient (Wildman–Crippen LogP) is 2.15. The lowest BCUT2D eigenvalue weighted by atomic mass is 10.1. The van der Waals surface area contributed by atoms with Gasteiger partial charge in [-0.2, -0.15) is 5.10 Å². The molecule has 2 N–H and O–H groups in total. The Morgan fingerprint density at radius 3 is 2.50 bits per heavy atom. The summed E-state index contributed by atoms with van der Waals surface area (Å²) in [4.78, 5) is 37.1. The average Bonchev–Trinajstić information content (AvgIpc) is 3.50. The number of hydrogen-bond acceptors (Lipinski definition) is 4. The summed E-state index contributed by atoms with van der Waals surface area (Å²) in [5, 5.41) is 5.48. The van der Waals surface area contributed by atoms with E-state index in [1.807, 2.05) is 18.2 Å². The molecule has 1 aliphatic carbocycles. The van der Waals surface area contributed by atoms with Crippen LogP contribution >= 0.6 is 11.6 Å². The first kappa shape index (κ1) is 18.2. The maximum atomic E-state index is 12.6. The monoisotopic (exact) mass is 396 g/mol. The molecule has 2 amide bonds. The van der Waals surface area contributed by atoms with Crippen molar-refractivity contribution in [2.45, 2.75) is 12.3 Å². The molecule has 0 bridgehead atoms. The summed E-state index contributed by atoms with van der Waals surface area (Å²) in [7, 11) is 1.47. The molecule has 0 aliphatic heterocycles. The number of halogens is 1. The minimum absolute atomic E-state index is 0.0436. The van der Waals surface area contributed by atoms with E-state index >= 15 is 0 Å². The van der Waals surface area contributed by atoms with Crippen molar-refractivity contribution in [3.05, 3.63) is 75.2 Å². The van der Waals surface area contributed by atoms with Gasteiger partial charge in [-0.1, -0.05) is 48.0 Å². The summed E-state index contributed by atoms with van der Waals surface area (Å²) in [6, 6.07) is 14.1. The number of nitrogens with zero attached hydrogens (tertiary/aromatic N) is 2. The molecular weight excluding hydrogens is 380 g/mol. The van der Waals surface area contributed by atoms with Crippen LogP contribution in [0.4, 0.5) is 0 Å². The first-order chi connectivity index (χ1) is 13.5. The van der Waals surface area contributed by atoms with E-state index in [1.54, 1.807) is 30.3 Å². The number of aromatic nitrogens is 2. The van der Waals surface area contributed by atoms with Crippen LogP contribution in [0.3, 0.4) is 0 Å². The molecule has 0 spiro atoms. The number of carbonyl (C=O) groups is 2. The summed E-state index contributed by atoms with van der Waals surface area (Å²) >= 11 is 6.18. The number of rotatable bonds is 3. The van der Waals surface area contributed by atoms with Crippen LogP contribution in [0.15, 0.2) is 53.3 Å². The number of aryl methyl sites for hydroxylation is 1. The normalized spacial score (nSPS) is 17.9. The molecule has 7 nitrogen and oxygen atoms in total. The SMILES string of the molecule is Cn1nc(C(=O)NNC(=O)C2CC2c2ccccc2Cl)c2ccccc2c1=O. The first-order valence-corrected chi connectivity index (χ1v) is 9.16. The Bertz CT molecular complexity index is 1160. The molecule has 4 rings (SSSR count). The lowest BCUT2D eigenvalue weighted by Crippen LogP contribution is -2.43. The van der Waals surface area contributed by atoms with E-state index in [2.05, 4.69) is 16.0 Å². The van der Waals surface area contributed by atoms with Gasteiger partial charge in [0.25, 0.3) is 11.5 Å². The van der Waals surface area contributed by atoms with Crippen LogP contribution in [0.1, 0.15) is 28.4 Å². The molecule has 1 aromatic heterocycles. The van der Waals surface area contributed by atoms with Gasteiger partial charge in [0, 0.05) is 23.4 Å². The van der Waals surface area contributed by atoms with Crippen LogP contribution in [-0.2, 0) is 11.8 Å². The summed E-state index contributed by atoms with van der Waals surface area (Å²) in [5.74, 6) is -1.07. The standard InChI is InChI=1S/C20H17ClN4O3/c1-25-20(28)13-8-3-2-7-12(13)17(24-25)19(27)23-22-18(26)15-10-14(15)11-6-4-5-9-16(11)21/h2-9,14-15H,10H2,1H3,(H,22,26)(H,23,27). The third kappa shape index (κ3) is 3.25. The summed E-state index contributed by atoms with van der Waals surface area (Å²) in [6.45, 7) is 0. The Labute approximate surface area is 165 Å². The highest BCUT2D eigenvalue weighted by atomic mass is 35.5. The maximum absolute atomic E-state index is 12.6. The van der Waals surface area contributed by atoms with Crippen molar-refractivity contribution in [1.29, 1.82) is 0 Å². The fourth-order valence-corrected chi connectivity index (χ4v) is 3.62. The lowest BCUT2D eigenvalue weighted by Gasteiger charge is -2.10. The molecule has 2 unspecified atom stereocenters. The number of amides is 2. The highest BCUT2D eigenvalue weighted by Gasteiger charge is 2.45. The first-order valence-electron chi connectivity index (χ1n) is 8.78. The van der Waals surface area contributed by atoms with E-state index in [9.17, 15) is 14.4 Å². The zero-order chi connectivity index (χ0) is 19.8. The molecule has 2 aromatic carbocycles. The fraction of sp³-hybridized carbons (Fsp3) is 0.200. The number of nitrogens with one attached hydrogen (secondary N) is 2. The summed E-state index contributed by atoms with van der Waals surface area (Å²) in [6.07, 6.45) is 0.673. The van der Waals surface area contributed by atoms with E-state index in [0.29, 0.717) is 22.2 Å². The van der Waals surface area contributed by atoms with Crippen LogP contribution in [-0.4, -0.2) is 21.6 Å². The van der Waals surface area contributed by atoms with Crippen LogP contribution in [0, 0.1) is 5.92 Å². The Morgan fingerprint density at radius 2 is 1.75 bits per heavy atom. The quantitative estimate of drug-likeness (QED) is 0.663. The highest BCUT2D eigenvalue weighted by Crippen LogP contribution is 2.49. The molecular formula is C20H17ClN4O3. The van der Waals surface area contributed by atoms with Crippen LogP contribution in [0.2, 0.25) is 5.02 Å². The van der Waals surface area contributed by atoms with Crippen molar-refractivity contribution in [3.63, 3.8) is 0 Å². The molecule has 3 aromatic rings. The van der Waals surface area contributed by atoms with Gasteiger partial charge >= 0.3 is 0 Å². The van der Waals surface area contributed by atoms with Crippen LogP contribution < -0.4 is 16.4 Å². The van der Waals surface area contributed by atoms with Crippen molar-refractivity contribution >= 4 is 34.2 Å². The zero-order valence-electron chi connectivity index (χ0n) is 15.0. The molecule has 8 heteroatoms. The summed E-state index contributed by atoms with van der Waals surface area (Å²) in [5.41, 5.74) is 5.55. The van der Waals surface area contributed by atoms with Gasteiger partial charge in [0.15, 0.2) is 5.69 Å². The molecule has 28 heavy (non-hydrogen) atoms. The van der Waals surface area contributed by atoms with Gasteiger partial charge in [-0.05, 0) is 30.0 Å². The van der Waals surface area contributed by atoms with E-state index < -0.39 is 5.91 Å². The molecule has 1 aliphatic rings. The second kappa shape index (κ2) is 7.09. The molecule has 0 saturated heterocycles. The Kier molecular flexibility index (Phi) is 4.60. The van der Waals surface area contributed by atoms with E-state index in [0.717, 1.165) is 10.2 Å². The second-order valence-electron chi connectivity index (χ2n) is 6.74. The van der Waals surface area contributed by atoms with Gasteiger partial charge in [0.1, 0.15) is 0 Å². The van der Waals surface area contributed by atoms with Gasteiger partial charge in [0.2, 0.25) is 5.91 Å². The number of hydrogen-bond donors (Lipinski definition) is 2. The number of hydrazine groups is 1. The third-order valence-corrected chi connectivity index (χ3v) is 5.25. The van der Waals surface area contributed by atoms with Crippen molar-refractivity contribution in [3.8, 4) is 0 Å². The molecule has 142 valence electrons. The molecule has 2 atom stereocenters. The minimum Gasteiger partial charge on any atom is -0.273 e. The van der Waals surface area contributed by atoms with Gasteiger partial charge in [0.05, 0.1) is 5.39 Å². The second-order valence-corrected chi connectivity index (χ2v) is 7.14. The van der Waals surface area contributed by atoms with Gasteiger partial charge in [-0.25, -0.2) is 4.68 Å². The third-order valence-electron chi connectivity index (χ3n) is 4.90. The lowest BCUT2D eigenvalue weighted by molar-refractivity contribution is -0.123. The topological polar surface area (TPSA) is 93.1 Å². The van der Waals surface area contributed by atoms with E-state index in [4.69, 9.17) is 11.6 Å². The van der Waals surface area contributed by atoms with Gasteiger partial charge in [-0.3, -0.25) is 25.2 Å². The zero-order valence-corrected chi connectivity index (χ0v) is 15.7. The molecule has 1 fully saturated rings. The number of carbonyl (C=O) groups excluding carboxylic acids is 2. The molecule has 1 heterocycles. The molecule has 0 radical (unpaired) electrons. The average molecular weight is 397 g/mol. The summed E-state index contributed by atoms with van der Waals surface area (Å²) < 4.78 is 1.10. The van der Waals surface area contributed by atoms with Crippen molar-refractivity contribution in [1.82, 2.24) is 20.6 Å². The fourth-order valence-electron chi connectivity index (χ4n) is 3.34. The molecule has 1 saturated carbocycles. The predicted molar refractivity (Wildman–Crippen MR) is 105 cm³/mol. The van der Waals surface area contributed by atoms with Gasteiger partial charge in [-0.15, -0.1) is 0 Å². The van der Waals surface area contributed by atoms with Crippen LogP contribution in [0.5, 0.6) is 0 Å². The van der Waals surface area contributed by atoms with Crippen molar-refractivity contribution in [2.24, 2.45) is 13.0 Å². The van der Waals surface area contributed by atoms with Crippen molar-refractivity contribution in [2.75, 3.05) is 0 Å². The van der Waals surface area contributed by atoms with Gasteiger partial charge < -0.3 is 0 Å². The van der Waals surface area contributed by atoms with E-state index in [-0.39, 0.29) is 29.0 Å². The van der Waals surface area contributed by atoms with E-state index in [1.165, 1.54) is 7.05 Å². The Balaban J connectivity index is 1.47. The maximum Gasteiger partial charge on any atom is 0.290 e. The minimum atomic E-state index is -0.588. The Morgan fingerprint density at radius 1 is 1.07 bits per heavy atom. The smallest absolute Gasteiger partial charge is 0.273 e. The van der Waals surface area contributed by atoms with Crippen molar-refractivity contribution < 1.29 is 9.59 Å². The number of fused-ring (bicyclic) bond motifs is 1. The Hall–Kier alpha value is -3.19. The number of benzene rings is 2. The highest BCUT2D eigenvalue weighted by molar-refractivity contribution is 6.31.